The van der Waals surface area contributed by atoms with Gasteiger partial charge in [0.1, 0.15) is 12.4 Å². The fourth-order valence-electron chi connectivity index (χ4n) is 2.26. The summed E-state index contributed by atoms with van der Waals surface area (Å²) < 4.78 is 10.9. The molecule has 24 heavy (non-hydrogen) atoms. The van der Waals surface area contributed by atoms with Crippen molar-refractivity contribution in [2.45, 2.75) is 20.5 Å². The fourth-order valence-corrected chi connectivity index (χ4v) is 2.26. The lowest BCUT2D eigenvalue weighted by atomic mass is 10.1. The number of hydrogen-bond donors (Lipinski definition) is 1. The van der Waals surface area contributed by atoms with Crippen LogP contribution in [0.25, 0.3) is 5.69 Å². The summed E-state index contributed by atoms with van der Waals surface area (Å²) in [6.07, 6.45) is 0. The lowest BCUT2D eigenvalue weighted by Crippen LogP contribution is -2.23. The van der Waals surface area contributed by atoms with E-state index in [1.807, 2.05) is 0 Å². The molecule has 0 saturated carbocycles. The van der Waals surface area contributed by atoms with Gasteiger partial charge in [-0.3, -0.25) is 14.2 Å². The van der Waals surface area contributed by atoms with Gasteiger partial charge >= 0.3 is 11.9 Å². The normalized spacial score (nSPS) is 10.3. The summed E-state index contributed by atoms with van der Waals surface area (Å²) in [6.45, 7) is 2.82. The average molecular weight is 331 g/mol. The highest BCUT2D eigenvalue weighted by Crippen LogP contribution is 2.20. The third-order valence-electron chi connectivity index (χ3n) is 3.39. The van der Waals surface area contributed by atoms with Gasteiger partial charge in [0.15, 0.2) is 0 Å². The van der Waals surface area contributed by atoms with E-state index in [1.54, 1.807) is 19.1 Å². The molecule has 0 spiro atoms. The molecule has 2 aromatic rings. The maximum Gasteiger partial charge on any atom is 0.337 e. The van der Waals surface area contributed by atoms with Crippen LogP contribution in [-0.4, -0.2) is 28.7 Å². The van der Waals surface area contributed by atoms with Crippen LogP contribution >= 0.6 is 0 Å². The Morgan fingerprint density at radius 3 is 2.54 bits per heavy atom. The lowest BCUT2D eigenvalue weighted by molar-refractivity contribution is -0.142. The minimum absolute atomic E-state index is 0.194. The van der Waals surface area contributed by atoms with Gasteiger partial charge in [-0.05, 0) is 24.6 Å². The number of benzene rings is 1. The summed E-state index contributed by atoms with van der Waals surface area (Å²) in [5.74, 6) is -1.29. The van der Waals surface area contributed by atoms with Gasteiger partial charge in [-0.2, -0.15) is 0 Å². The number of aryl methyl sites for hydroxylation is 1. The molecule has 1 aromatic heterocycles. The van der Waals surface area contributed by atoms with Crippen LogP contribution in [0.2, 0.25) is 0 Å². The number of rotatable bonds is 4. The quantitative estimate of drug-likeness (QED) is 0.857. The Balaban J connectivity index is 2.65. The first-order valence-corrected chi connectivity index (χ1v) is 7.11. The van der Waals surface area contributed by atoms with Crippen molar-refractivity contribution in [1.29, 1.82) is 0 Å². The van der Waals surface area contributed by atoms with Crippen LogP contribution in [0.3, 0.4) is 0 Å². The van der Waals surface area contributed by atoms with Gasteiger partial charge in [-0.1, -0.05) is 6.07 Å². The molecule has 0 aliphatic heterocycles. The van der Waals surface area contributed by atoms with Crippen LogP contribution in [0.5, 0.6) is 5.75 Å². The number of aromatic nitrogens is 1. The van der Waals surface area contributed by atoms with Crippen LogP contribution in [0.15, 0.2) is 35.1 Å². The largest absolute Gasteiger partial charge is 0.508 e. The van der Waals surface area contributed by atoms with Crippen molar-refractivity contribution in [1.82, 2.24) is 4.57 Å². The zero-order chi connectivity index (χ0) is 17.9. The van der Waals surface area contributed by atoms with Gasteiger partial charge in [-0.15, -0.1) is 0 Å². The van der Waals surface area contributed by atoms with Crippen LogP contribution in [0, 0.1) is 6.92 Å². The van der Waals surface area contributed by atoms with E-state index in [2.05, 4.69) is 4.74 Å². The Morgan fingerprint density at radius 2 is 1.92 bits per heavy atom. The number of pyridine rings is 1. The fraction of sp³-hybridized carbons (Fsp3) is 0.235. The number of aromatic hydroxyl groups is 1. The number of methoxy groups -OCH3 is 1. The predicted molar refractivity (Wildman–Crippen MR) is 85.3 cm³/mol. The number of esters is 2. The highest BCUT2D eigenvalue weighted by Gasteiger charge is 2.15. The third kappa shape index (κ3) is 3.62. The Morgan fingerprint density at radius 1 is 1.21 bits per heavy atom. The number of hydrogen-bond acceptors (Lipinski definition) is 6. The van der Waals surface area contributed by atoms with Crippen molar-refractivity contribution >= 4 is 11.9 Å². The second-order valence-electron chi connectivity index (χ2n) is 5.15. The van der Waals surface area contributed by atoms with Crippen molar-refractivity contribution in [3.8, 4) is 11.4 Å². The molecule has 2 rings (SSSR count). The van der Waals surface area contributed by atoms with Gasteiger partial charge in [0, 0.05) is 19.1 Å². The molecule has 1 N–H and O–H groups in total. The molecule has 0 radical (unpaired) electrons. The molecule has 1 heterocycles. The second kappa shape index (κ2) is 6.99. The molecule has 0 aliphatic rings. The van der Waals surface area contributed by atoms with E-state index in [-0.39, 0.29) is 23.6 Å². The average Bonchev–Trinajstić information content (AvgIpc) is 2.52. The molecular formula is C17H17NO6. The van der Waals surface area contributed by atoms with Gasteiger partial charge in [0.05, 0.1) is 24.1 Å². The Bertz CT molecular complexity index is 853. The smallest absolute Gasteiger partial charge is 0.337 e. The summed E-state index contributed by atoms with van der Waals surface area (Å²) in [6, 6.07) is 7.14. The molecule has 7 heteroatoms. The van der Waals surface area contributed by atoms with Crippen LogP contribution in [0.4, 0.5) is 0 Å². The molecule has 0 amide bonds. The number of ether oxygens (including phenoxy) is 2. The minimum Gasteiger partial charge on any atom is -0.508 e. The van der Waals surface area contributed by atoms with Crippen LogP contribution in [-0.2, 0) is 20.9 Å². The minimum atomic E-state index is -0.537. The van der Waals surface area contributed by atoms with E-state index in [1.165, 1.54) is 30.7 Å². The maximum atomic E-state index is 12.4. The zero-order valence-electron chi connectivity index (χ0n) is 13.5. The maximum absolute atomic E-state index is 12.4. The third-order valence-corrected chi connectivity index (χ3v) is 3.39. The van der Waals surface area contributed by atoms with Crippen LogP contribution in [0.1, 0.15) is 28.5 Å². The number of carbonyl (C=O) groups is 2. The van der Waals surface area contributed by atoms with Gasteiger partial charge in [0.25, 0.3) is 5.56 Å². The molecule has 0 aliphatic carbocycles. The highest BCUT2D eigenvalue weighted by atomic mass is 16.5. The highest BCUT2D eigenvalue weighted by molar-refractivity contribution is 5.90. The van der Waals surface area contributed by atoms with Gasteiger partial charge in [-0.25, -0.2) is 4.79 Å². The van der Waals surface area contributed by atoms with Gasteiger partial charge in [0.2, 0.25) is 0 Å². The molecule has 0 saturated heterocycles. The van der Waals surface area contributed by atoms with E-state index in [0.717, 1.165) is 11.6 Å². The van der Waals surface area contributed by atoms with E-state index in [0.29, 0.717) is 5.69 Å². The number of carbonyl (C=O) groups excluding carboxylic acids is 2. The van der Waals surface area contributed by atoms with E-state index in [4.69, 9.17) is 4.74 Å². The molecule has 0 fully saturated rings. The Labute approximate surface area is 138 Å². The van der Waals surface area contributed by atoms with Crippen molar-refractivity contribution in [2.75, 3.05) is 7.11 Å². The molecule has 1 aromatic carbocycles. The zero-order valence-corrected chi connectivity index (χ0v) is 13.5. The standard InChI is InChI=1S/C17H17NO6/c1-10-4-5-12(17(22)23-3)6-15(10)18-13(9-24-11(2)19)7-14(20)8-16(18)21/h4-8,20H,9H2,1-3H3. The number of nitrogens with zero attached hydrogens (tertiary/aromatic N) is 1. The second-order valence-corrected chi connectivity index (χ2v) is 5.15. The SMILES string of the molecule is COC(=O)c1ccc(C)c(-n2c(COC(C)=O)cc(O)cc2=O)c1. The van der Waals surface area contributed by atoms with E-state index in [9.17, 15) is 19.5 Å². The Kier molecular flexibility index (Phi) is 5.03. The first-order valence-electron chi connectivity index (χ1n) is 7.11. The van der Waals surface area contributed by atoms with E-state index < -0.39 is 17.5 Å². The molecular weight excluding hydrogens is 314 g/mol. The molecule has 126 valence electrons. The summed E-state index contributed by atoms with van der Waals surface area (Å²) in [5.41, 5.74) is 1.20. The monoisotopic (exact) mass is 331 g/mol. The van der Waals surface area contributed by atoms with Crippen molar-refractivity contribution < 1.29 is 24.2 Å². The first kappa shape index (κ1) is 17.3. The molecule has 0 unspecified atom stereocenters. The van der Waals surface area contributed by atoms with Crippen LogP contribution < -0.4 is 5.56 Å². The van der Waals surface area contributed by atoms with Gasteiger partial charge < -0.3 is 14.6 Å². The molecule has 0 bridgehead atoms. The summed E-state index contributed by atoms with van der Waals surface area (Å²) >= 11 is 0. The molecule has 7 nitrogen and oxygen atoms in total. The summed E-state index contributed by atoms with van der Waals surface area (Å²) in [5, 5.41) is 9.65. The van der Waals surface area contributed by atoms with Crippen molar-refractivity contribution in [3.05, 3.63) is 57.5 Å². The van der Waals surface area contributed by atoms with Crippen molar-refractivity contribution in [2.24, 2.45) is 0 Å². The first-order chi connectivity index (χ1) is 11.3. The van der Waals surface area contributed by atoms with Crippen molar-refractivity contribution in [3.63, 3.8) is 0 Å². The Hall–Kier alpha value is -3.09. The molecule has 0 atom stereocenters. The topological polar surface area (TPSA) is 94.8 Å². The lowest BCUT2D eigenvalue weighted by Gasteiger charge is -2.16. The van der Waals surface area contributed by atoms with E-state index >= 15 is 0 Å². The predicted octanol–water partition coefficient (Wildman–Crippen LogP) is 1.70. The summed E-state index contributed by atoms with van der Waals surface area (Å²) in [7, 11) is 1.26. The summed E-state index contributed by atoms with van der Waals surface area (Å²) in [4.78, 5) is 35.1.